The summed E-state index contributed by atoms with van der Waals surface area (Å²) in [5, 5.41) is 24.3. The number of hydrogen-bond acceptors (Lipinski definition) is 5. The Bertz CT molecular complexity index is 1550. The second kappa shape index (κ2) is 10.3. The second-order valence-corrected chi connectivity index (χ2v) is 10.2. The van der Waals surface area contributed by atoms with E-state index in [1.54, 1.807) is 0 Å². The van der Waals surface area contributed by atoms with Crippen LogP contribution in [0.3, 0.4) is 0 Å². The van der Waals surface area contributed by atoms with E-state index in [0.29, 0.717) is 36.4 Å². The Hall–Kier alpha value is -3.76. The molecule has 0 aliphatic heterocycles. The van der Waals surface area contributed by atoms with Crippen LogP contribution in [0.1, 0.15) is 78.8 Å². The van der Waals surface area contributed by atoms with Gasteiger partial charge in [0.15, 0.2) is 0 Å². The van der Waals surface area contributed by atoms with Crippen LogP contribution in [0.15, 0.2) is 47.3 Å². The molecule has 1 N–H and O–H groups in total. The first-order valence-corrected chi connectivity index (χ1v) is 13.2. The normalized spacial score (nSPS) is 17.7. The summed E-state index contributed by atoms with van der Waals surface area (Å²) in [6, 6.07) is 16.2. The van der Waals surface area contributed by atoms with E-state index in [2.05, 4.69) is 43.1 Å². The van der Waals surface area contributed by atoms with E-state index < -0.39 is 0 Å². The van der Waals surface area contributed by atoms with E-state index in [1.165, 1.54) is 0 Å². The van der Waals surface area contributed by atoms with E-state index >= 15 is 0 Å². The third kappa shape index (κ3) is 4.70. The van der Waals surface area contributed by atoms with Gasteiger partial charge in [-0.1, -0.05) is 49.7 Å². The third-order valence-electron chi connectivity index (χ3n) is 7.52. The number of aryl methyl sites for hydroxylation is 3. The molecule has 0 amide bonds. The maximum atomic E-state index is 14.1. The molecule has 7 heteroatoms. The number of benzene rings is 2. The summed E-state index contributed by atoms with van der Waals surface area (Å²) in [6.45, 7) is 6.03. The van der Waals surface area contributed by atoms with Gasteiger partial charge in [0.05, 0.1) is 23.4 Å². The van der Waals surface area contributed by atoms with Gasteiger partial charge in [-0.05, 0) is 74.3 Å². The molecule has 2 aromatic carbocycles. The van der Waals surface area contributed by atoms with Crippen molar-refractivity contribution in [2.45, 2.75) is 77.9 Å². The molecule has 190 valence electrons. The highest BCUT2D eigenvalue weighted by molar-refractivity contribution is 5.73. The maximum absolute atomic E-state index is 14.1. The Balaban J connectivity index is 1.61. The van der Waals surface area contributed by atoms with Crippen molar-refractivity contribution >= 4 is 5.78 Å². The van der Waals surface area contributed by atoms with Crippen LogP contribution in [0.2, 0.25) is 0 Å². The van der Waals surface area contributed by atoms with Crippen LogP contribution in [-0.4, -0.2) is 30.4 Å². The SMILES string of the molecule is CCCc1c(Cc2ccc(-c3ccccc3C#N)c(C)c2)c(=O)n(C2CCC(O)CC2)c2nc(C)nn12. The molecule has 37 heavy (non-hydrogen) atoms. The van der Waals surface area contributed by atoms with Gasteiger partial charge >= 0.3 is 0 Å². The molecule has 1 aliphatic rings. The zero-order valence-corrected chi connectivity index (χ0v) is 21.7. The summed E-state index contributed by atoms with van der Waals surface area (Å²) in [6.07, 6.45) is 4.71. The van der Waals surface area contributed by atoms with Crippen LogP contribution >= 0.6 is 0 Å². The Morgan fingerprint density at radius 2 is 1.84 bits per heavy atom. The highest BCUT2D eigenvalue weighted by atomic mass is 16.3. The lowest BCUT2D eigenvalue weighted by Gasteiger charge is -2.28. The van der Waals surface area contributed by atoms with Gasteiger partial charge in [0, 0.05) is 18.0 Å². The van der Waals surface area contributed by atoms with Crippen LogP contribution in [0.4, 0.5) is 0 Å². The third-order valence-corrected chi connectivity index (χ3v) is 7.52. The largest absolute Gasteiger partial charge is 0.393 e. The van der Waals surface area contributed by atoms with Gasteiger partial charge in [-0.2, -0.15) is 15.3 Å². The number of rotatable bonds is 6. The fraction of sp³-hybridized carbons (Fsp3) is 0.400. The van der Waals surface area contributed by atoms with Gasteiger partial charge in [0.2, 0.25) is 5.78 Å². The summed E-state index contributed by atoms with van der Waals surface area (Å²) in [5.41, 5.74) is 6.39. The van der Waals surface area contributed by atoms with Gasteiger partial charge < -0.3 is 5.11 Å². The van der Waals surface area contributed by atoms with Crippen LogP contribution in [0, 0.1) is 25.2 Å². The first kappa shape index (κ1) is 24.9. The molecule has 0 atom stereocenters. The average molecular weight is 496 g/mol. The van der Waals surface area contributed by atoms with Crippen molar-refractivity contribution in [2.24, 2.45) is 0 Å². The van der Waals surface area contributed by atoms with Crippen molar-refractivity contribution in [1.82, 2.24) is 19.2 Å². The van der Waals surface area contributed by atoms with Crippen LogP contribution in [0.5, 0.6) is 0 Å². The molecule has 0 spiro atoms. The maximum Gasteiger partial charge on any atom is 0.259 e. The molecule has 2 aromatic heterocycles. The molecule has 0 radical (unpaired) electrons. The van der Waals surface area contributed by atoms with Gasteiger partial charge in [-0.15, -0.1) is 0 Å². The lowest BCUT2D eigenvalue weighted by Crippen LogP contribution is -2.34. The van der Waals surface area contributed by atoms with E-state index in [9.17, 15) is 15.2 Å². The van der Waals surface area contributed by atoms with Crippen molar-refractivity contribution in [3.8, 4) is 17.2 Å². The molecule has 7 nitrogen and oxygen atoms in total. The topological polar surface area (TPSA) is 96.2 Å². The van der Waals surface area contributed by atoms with Gasteiger partial charge in [0.1, 0.15) is 5.82 Å². The van der Waals surface area contributed by atoms with Crippen LogP contribution < -0.4 is 5.56 Å². The number of aromatic nitrogens is 4. The quantitative estimate of drug-likeness (QED) is 0.403. The van der Waals surface area contributed by atoms with Crippen LogP contribution in [-0.2, 0) is 12.8 Å². The van der Waals surface area contributed by atoms with Crippen molar-refractivity contribution in [2.75, 3.05) is 0 Å². The lowest BCUT2D eigenvalue weighted by molar-refractivity contribution is 0.110. The molecular weight excluding hydrogens is 462 g/mol. The van der Waals surface area contributed by atoms with E-state index in [-0.39, 0.29) is 17.7 Å². The van der Waals surface area contributed by atoms with Crippen LogP contribution in [0.25, 0.3) is 16.9 Å². The molecule has 4 aromatic rings. The van der Waals surface area contributed by atoms with Gasteiger partial charge in [0.25, 0.3) is 5.56 Å². The minimum atomic E-state index is -0.297. The number of fused-ring (bicyclic) bond motifs is 1. The standard InChI is InChI=1S/C30H33N5O2/c1-4-7-28-27(17-21-10-15-25(19(2)16-21)26-9-6-5-8-22(26)18-31)29(37)34(23-11-13-24(36)14-12-23)30-32-20(3)33-35(28)30/h5-6,8-10,15-16,23-24,36H,4,7,11-14,17H2,1-3H3. The number of aliphatic hydroxyl groups is 1. The highest BCUT2D eigenvalue weighted by Gasteiger charge is 2.27. The molecule has 0 bridgehead atoms. The van der Waals surface area contributed by atoms with Crippen molar-refractivity contribution in [3.63, 3.8) is 0 Å². The minimum Gasteiger partial charge on any atom is -0.393 e. The summed E-state index contributed by atoms with van der Waals surface area (Å²) in [5.74, 6) is 1.26. The monoisotopic (exact) mass is 495 g/mol. The molecule has 0 unspecified atom stereocenters. The summed E-state index contributed by atoms with van der Waals surface area (Å²) in [4.78, 5) is 18.8. The lowest BCUT2D eigenvalue weighted by atomic mass is 9.92. The fourth-order valence-electron chi connectivity index (χ4n) is 5.70. The first-order chi connectivity index (χ1) is 17.9. The highest BCUT2D eigenvalue weighted by Crippen LogP contribution is 2.31. The number of aliphatic hydroxyl groups excluding tert-OH is 1. The van der Waals surface area contributed by atoms with Crippen molar-refractivity contribution in [3.05, 3.63) is 86.6 Å². The Kier molecular flexibility index (Phi) is 6.94. The molecule has 1 fully saturated rings. The van der Waals surface area contributed by atoms with Crippen molar-refractivity contribution in [1.29, 1.82) is 5.26 Å². The fourth-order valence-corrected chi connectivity index (χ4v) is 5.70. The molecule has 1 aliphatic carbocycles. The molecule has 1 saturated carbocycles. The molecule has 2 heterocycles. The summed E-state index contributed by atoms with van der Waals surface area (Å²) in [7, 11) is 0. The zero-order chi connectivity index (χ0) is 26.1. The number of nitriles is 1. The average Bonchev–Trinajstić information content (AvgIpc) is 3.28. The zero-order valence-electron chi connectivity index (χ0n) is 21.7. The second-order valence-electron chi connectivity index (χ2n) is 10.2. The Labute approximate surface area is 217 Å². The predicted molar refractivity (Wildman–Crippen MR) is 144 cm³/mol. The Morgan fingerprint density at radius 1 is 1.08 bits per heavy atom. The van der Waals surface area contributed by atoms with Gasteiger partial charge in [-0.3, -0.25) is 9.36 Å². The molecule has 5 rings (SSSR count). The predicted octanol–water partition coefficient (Wildman–Crippen LogP) is 5.07. The van der Waals surface area contributed by atoms with E-state index in [0.717, 1.165) is 59.2 Å². The first-order valence-electron chi connectivity index (χ1n) is 13.2. The molecule has 0 saturated heterocycles. The number of nitrogens with zero attached hydrogens (tertiary/aromatic N) is 5. The Morgan fingerprint density at radius 3 is 2.54 bits per heavy atom. The summed E-state index contributed by atoms with van der Waals surface area (Å²) < 4.78 is 3.72. The van der Waals surface area contributed by atoms with Gasteiger partial charge in [-0.25, -0.2) is 4.52 Å². The van der Waals surface area contributed by atoms with E-state index in [1.807, 2.05) is 40.3 Å². The minimum absolute atomic E-state index is 0.00120. The smallest absolute Gasteiger partial charge is 0.259 e. The van der Waals surface area contributed by atoms with Crippen molar-refractivity contribution < 1.29 is 5.11 Å². The summed E-state index contributed by atoms with van der Waals surface area (Å²) >= 11 is 0. The van der Waals surface area contributed by atoms with E-state index in [4.69, 9.17) is 5.10 Å². The number of hydrogen-bond donors (Lipinski definition) is 1. The molecular formula is C30H33N5O2.